The zero-order valence-corrected chi connectivity index (χ0v) is 15.1. The maximum Gasteiger partial charge on any atom is 0.240 e. The highest BCUT2D eigenvalue weighted by atomic mass is 32.2. The summed E-state index contributed by atoms with van der Waals surface area (Å²) in [7, 11) is -3.65. The number of carbonyl (C=O) groups is 1. The van der Waals surface area contributed by atoms with Gasteiger partial charge in [0.2, 0.25) is 15.9 Å². The van der Waals surface area contributed by atoms with Crippen molar-refractivity contribution in [3.8, 4) is 0 Å². The molecule has 0 aliphatic heterocycles. The molecule has 1 aromatic rings. The van der Waals surface area contributed by atoms with E-state index in [-0.39, 0.29) is 22.8 Å². The minimum atomic E-state index is -3.65. The lowest BCUT2D eigenvalue weighted by atomic mass is 9.87. The molecule has 23 heavy (non-hydrogen) atoms. The lowest BCUT2D eigenvalue weighted by Gasteiger charge is -2.25. The largest absolute Gasteiger partial charge is 0.393 e. The Hall–Kier alpha value is -1.44. The van der Waals surface area contributed by atoms with E-state index in [2.05, 4.69) is 10.0 Å². The predicted molar refractivity (Wildman–Crippen MR) is 90.8 cm³/mol. The molecule has 0 fully saturated rings. The van der Waals surface area contributed by atoms with Gasteiger partial charge < -0.3 is 10.4 Å². The standard InChI is InChI=1S/C16H26N2O4S/c1-11-10-13(18-12(2)19)6-7-14(11)23(21,22)17-9-8-15(20)16(3,4)5/h6-7,10,15,17,20H,8-9H2,1-5H3,(H,18,19)/t15-/m1/s1. The minimum Gasteiger partial charge on any atom is -0.393 e. The van der Waals surface area contributed by atoms with Crippen molar-refractivity contribution in [3.05, 3.63) is 23.8 Å². The molecular formula is C16H26N2O4S. The van der Waals surface area contributed by atoms with Crippen LogP contribution >= 0.6 is 0 Å². The summed E-state index contributed by atoms with van der Waals surface area (Å²) in [6.45, 7) is 8.92. The maximum atomic E-state index is 12.3. The van der Waals surface area contributed by atoms with Gasteiger partial charge in [0.25, 0.3) is 0 Å². The van der Waals surface area contributed by atoms with E-state index >= 15 is 0 Å². The zero-order valence-electron chi connectivity index (χ0n) is 14.3. The Kier molecular flexibility index (Phi) is 6.33. The van der Waals surface area contributed by atoms with Gasteiger partial charge in [-0.2, -0.15) is 0 Å². The first kappa shape index (κ1) is 19.6. The number of aryl methyl sites for hydroxylation is 1. The SMILES string of the molecule is CC(=O)Nc1ccc(S(=O)(=O)NCC[C@@H](O)C(C)(C)C)c(C)c1. The van der Waals surface area contributed by atoms with Crippen LogP contribution in [-0.2, 0) is 14.8 Å². The number of amides is 1. The maximum absolute atomic E-state index is 12.3. The average molecular weight is 342 g/mol. The molecule has 0 saturated heterocycles. The van der Waals surface area contributed by atoms with Crippen molar-refractivity contribution in [3.63, 3.8) is 0 Å². The molecule has 1 aromatic carbocycles. The topological polar surface area (TPSA) is 95.5 Å². The second-order valence-corrected chi connectivity index (χ2v) is 8.47. The van der Waals surface area contributed by atoms with E-state index < -0.39 is 16.1 Å². The Morgan fingerprint density at radius 2 is 1.91 bits per heavy atom. The van der Waals surface area contributed by atoms with E-state index in [0.29, 0.717) is 17.7 Å². The third-order valence-corrected chi connectivity index (χ3v) is 5.12. The first-order valence-corrected chi connectivity index (χ1v) is 8.98. The number of rotatable bonds is 6. The van der Waals surface area contributed by atoms with Gasteiger partial charge in [-0.1, -0.05) is 20.8 Å². The highest BCUT2D eigenvalue weighted by Crippen LogP contribution is 2.22. The first-order chi connectivity index (χ1) is 10.4. The van der Waals surface area contributed by atoms with E-state index in [1.807, 2.05) is 20.8 Å². The van der Waals surface area contributed by atoms with Gasteiger partial charge in [-0.15, -0.1) is 0 Å². The van der Waals surface area contributed by atoms with Crippen molar-refractivity contribution in [2.75, 3.05) is 11.9 Å². The van der Waals surface area contributed by atoms with Gasteiger partial charge in [0.05, 0.1) is 11.0 Å². The fraction of sp³-hybridized carbons (Fsp3) is 0.562. The third-order valence-electron chi connectivity index (χ3n) is 3.49. The molecule has 130 valence electrons. The van der Waals surface area contributed by atoms with E-state index in [9.17, 15) is 18.3 Å². The van der Waals surface area contributed by atoms with Crippen molar-refractivity contribution in [2.45, 2.75) is 52.0 Å². The third kappa shape index (κ3) is 5.93. The van der Waals surface area contributed by atoms with Crippen LogP contribution in [0, 0.1) is 12.3 Å². The van der Waals surface area contributed by atoms with E-state index in [4.69, 9.17) is 0 Å². The van der Waals surface area contributed by atoms with Crippen LogP contribution in [0.25, 0.3) is 0 Å². The van der Waals surface area contributed by atoms with Gasteiger partial charge in [-0.25, -0.2) is 13.1 Å². The zero-order chi connectivity index (χ0) is 17.8. The summed E-state index contributed by atoms with van der Waals surface area (Å²) in [6, 6.07) is 4.62. The quantitative estimate of drug-likeness (QED) is 0.737. The summed E-state index contributed by atoms with van der Waals surface area (Å²) in [5.74, 6) is -0.214. The lowest BCUT2D eigenvalue weighted by molar-refractivity contribution is -0.114. The molecule has 0 unspecified atom stereocenters. The molecule has 3 N–H and O–H groups in total. The lowest BCUT2D eigenvalue weighted by Crippen LogP contribution is -2.32. The van der Waals surface area contributed by atoms with Crippen LogP contribution in [0.4, 0.5) is 5.69 Å². The van der Waals surface area contributed by atoms with Gasteiger partial charge >= 0.3 is 0 Å². The predicted octanol–water partition coefficient (Wildman–Crippen LogP) is 2.03. The van der Waals surface area contributed by atoms with Crippen molar-refractivity contribution in [2.24, 2.45) is 5.41 Å². The fourth-order valence-electron chi connectivity index (χ4n) is 2.07. The molecule has 0 heterocycles. The summed E-state index contributed by atoms with van der Waals surface area (Å²) >= 11 is 0. The summed E-state index contributed by atoms with van der Waals surface area (Å²) in [6.07, 6.45) is -0.250. The molecule has 1 amide bonds. The molecule has 1 rings (SSSR count). The number of benzene rings is 1. The molecular weight excluding hydrogens is 316 g/mol. The fourth-order valence-corrected chi connectivity index (χ4v) is 3.34. The van der Waals surface area contributed by atoms with Crippen LogP contribution in [0.2, 0.25) is 0 Å². The first-order valence-electron chi connectivity index (χ1n) is 7.49. The Balaban J connectivity index is 2.79. The number of anilines is 1. The molecule has 0 radical (unpaired) electrons. The van der Waals surface area contributed by atoms with Crippen molar-refractivity contribution >= 4 is 21.6 Å². The molecule has 0 aliphatic rings. The van der Waals surface area contributed by atoms with Crippen LogP contribution in [0.15, 0.2) is 23.1 Å². The molecule has 1 atom stereocenters. The van der Waals surface area contributed by atoms with Crippen LogP contribution in [0.1, 0.15) is 39.7 Å². The average Bonchev–Trinajstić information content (AvgIpc) is 2.36. The summed E-state index contributed by atoms with van der Waals surface area (Å²) in [5, 5.41) is 12.6. The van der Waals surface area contributed by atoms with Gasteiger partial charge in [0, 0.05) is 19.2 Å². The van der Waals surface area contributed by atoms with E-state index in [1.165, 1.54) is 13.0 Å². The smallest absolute Gasteiger partial charge is 0.240 e. The molecule has 7 heteroatoms. The number of sulfonamides is 1. The number of nitrogens with one attached hydrogen (secondary N) is 2. The second kappa shape index (κ2) is 7.42. The molecule has 0 bridgehead atoms. The summed E-state index contributed by atoms with van der Waals surface area (Å²) < 4.78 is 27.2. The van der Waals surface area contributed by atoms with Crippen molar-refractivity contribution < 1.29 is 18.3 Å². The van der Waals surface area contributed by atoms with Crippen LogP contribution in [-0.4, -0.2) is 32.1 Å². The monoisotopic (exact) mass is 342 g/mol. The highest BCUT2D eigenvalue weighted by Gasteiger charge is 2.23. The highest BCUT2D eigenvalue weighted by molar-refractivity contribution is 7.89. The van der Waals surface area contributed by atoms with Crippen molar-refractivity contribution in [1.29, 1.82) is 0 Å². The number of hydrogen-bond donors (Lipinski definition) is 3. The van der Waals surface area contributed by atoms with Gasteiger partial charge in [-0.05, 0) is 42.5 Å². The Morgan fingerprint density at radius 3 is 2.39 bits per heavy atom. The summed E-state index contributed by atoms with van der Waals surface area (Å²) in [4.78, 5) is 11.2. The van der Waals surface area contributed by atoms with Gasteiger partial charge in [0.1, 0.15) is 0 Å². The Morgan fingerprint density at radius 1 is 1.30 bits per heavy atom. The minimum absolute atomic E-state index is 0.160. The molecule has 0 saturated carbocycles. The van der Waals surface area contributed by atoms with E-state index in [0.717, 1.165) is 0 Å². The Bertz CT molecular complexity index is 663. The Labute approximate surface area is 138 Å². The molecule has 0 spiro atoms. The van der Waals surface area contributed by atoms with E-state index in [1.54, 1.807) is 19.1 Å². The summed E-state index contributed by atoms with van der Waals surface area (Å²) in [5.41, 5.74) is 0.804. The van der Waals surface area contributed by atoms with Gasteiger partial charge in [0.15, 0.2) is 0 Å². The molecule has 6 nitrogen and oxygen atoms in total. The van der Waals surface area contributed by atoms with Gasteiger partial charge in [-0.3, -0.25) is 4.79 Å². The van der Waals surface area contributed by atoms with Crippen molar-refractivity contribution in [1.82, 2.24) is 4.72 Å². The molecule has 0 aliphatic carbocycles. The van der Waals surface area contributed by atoms with Crippen LogP contribution < -0.4 is 10.0 Å². The number of hydrogen-bond acceptors (Lipinski definition) is 4. The number of carbonyl (C=O) groups excluding carboxylic acids is 1. The normalized spacial score (nSPS) is 13.7. The van der Waals surface area contributed by atoms with Crippen LogP contribution in [0.3, 0.4) is 0 Å². The number of aliphatic hydroxyl groups is 1. The second-order valence-electron chi connectivity index (χ2n) is 6.73. The molecule has 0 aromatic heterocycles. The van der Waals surface area contributed by atoms with Crippen LogP contribution in [0.5, 0.6) is 0 Å². The number of aliphatic hydroxyl groups excluding tert-OH is 1.